The van der Waals surface area contributed by atoms with Gasteiger partial charge in [-0.15, -0.1) is 0 Å². The Morgan fingerprint density at radius 3 is 2.59 bits per heavy atom. The maximum atomic E-state index is 11.9. The number of aryl methyl sites for hydroxylation is 1. The van der Waals surface area contributed by atoms with Crippen LogP contribution in [0.1, 0.15) is 24.5 Å². The molecule has 0 bridgehead atoms. The van der Waals surface area contributed by atoms with Gasteiger partial charge in [0.1, 0.15) is 0 Å². The van der Waals surface area contributed by atoms with Crippen LogP contribution in [0.25, 0.3) is 0 Å². The Morgan fingerprint density at radius 1 is 1.41 bits per heavy atom. The van der Waals surface area contributed by atoms with Crippen LogP contribution in [0.2, 0.25) is 0 Å². The van der Waals surface area contributed by atoms with Crippen molar-refractivity contribution in [3.05, 3.63) is 29.3 Å². The summed E-state index contributed by atoms with van der Waals surface area (Å²) < 4.78 is 26.3. The van der Waals surface area contributed by atoms with Crippen LogP contribution in [-0.4, -0.2) is 13.7 Å². The van der Waals surface area contributed by atoms with Crippen molar-refractivity contribution in [3.8, 4) is 6.07 Å². The van der Waals surface area contributed by atoms with E-state index in [0.29, 0.717) is 5.69 Å². The van der Waals surface area contributed by atoms with E-state index in [1.807, 2.05) is 19.9 Å². The fourth-order valence-corrected chi connectivity index (χ4v) is 2.71. The van der Waals surface area contributed by atoms with Crippen molar-refractivity contribution in [2.24, 2.45) is 0 Å². The molecule has 1 unspecified atom stereocenters. The van der Waals surface area contributed by atoms with E-state index in [-0.39, 0.29) is 6.42 Å². The zero-order valence-corrected chi connectivity index (χ0v) is 11.0. The molecular weight excluding hydrogens is 236 g/mol. The van der Waals surface area contributed by atoms with Gasteiger partial charge in [0.05, 0.1) is 11.8 Å². The van der Waals surface area contributed by atoms with Crippen molar-refractivity contribution in [3.63, 3.8) is 0 Å². The van der Waals surface area contributed by atoms with Gasteiger partial charge in [0.2, 0.25) is 10.0 Å². The lowest BCUT2D eigenvalue weighted by molar-refractivity contribution is 0.593. The molecule has 0 aromatic heterocycles. The number of anilines is 1. The molecule has 0 saturated heterocycles. The Kier molecular flexibility index (Phi) is 4.13. The van der Waals surface area contributed by atoms with Crippen LogP contribution in [0.4, 0.5) is 5.69 Å². The molecular formula is C12H16N2O2S. The maximum absolute atomic E-state index is 11.9. The molecule has 92 valence electrons. The summed E-state index contributed by atoms with van der Waals surface area (Å²) >= 11 is 0. The number of rotatable bonds is 4. The summed E-state index contributed by atoms with van der Waals surface area (Å²) in [6.45, 7) is 5.44. The molecule has 5 heteroatoms. The van der Waals surface area contributed by atoms with E-state index in [4.69, 9.17) is 5.26 Å². The van der Waals surface area contributed by atoms with Crippen molar-refractivity contribution < 1.29 is 8.42 Å². The number of sulfonamides is 1. The number of hydrogen-bond acceptors (Lipinski definition) is 3. The molecule has 0 saturated carbocycles. The molecule has 1 N–H and O–H groups in total. The van der Waals surface area contributed by atoms with Crippen LogP contribution in [-0.2, 0) is 10.0 Å². The van der Waals surface area contributed by atoms with Crippen molar-refractivity contribution in [2.75, 3.05) is 4.72 Å². The van der Waals surface area contributed by atoms with E-state index in [9.17, 15) is 8.42 Å². The van der Waals surface area contributed by atoms with E-state index in [1.165, 1.54) is 0 Å². The molecule has 0 aliphatic carbocycles. The number of nitrogens with one attached hydrogen (secondary N) is 1. The predicted octanol–water partition coefficient (Wildman–Crippen LogP) is 2.35. The molecule has 1 aromatic carbocycles. The fourth-order valence-electron chi connectivity index (χ4n) is 1.47. The van der Waals surface area contributed by atoms with Crippen molar-refractivity contribution in [2.45, 2.75) is 32.4 Å². The summed E-state index contributed by atoms with van der Waals surface area (Å²) in [5.41, 5.74) is 2.43. The molecule has 1 aromatic rings. The number of nitrogens with zero attached hydrogens (tertiary/aromatic N) is 1. The van der Waals surface area contributed by atoms with Gasteiger partial charge >= 0.3 is 0 Å². The largest absolute Gasteiger partial charge is 0.282 e. The smallest absolute Gasteiger partial charge is 0.249 e. The van der Waals surface area contributed by atoms with Gasteiger partial charge < -0.3 is 0 Å². The molecule has 17 heavy (non-hydrogen) atoms. The Hall–Kier alpha value is -1.54. The van der Waals surface area contributed by atoms with Gasteiger partial charge in [-0.1, -0.05) is 19.1 Å². The zero-order valence-electron chi connectivity index (χ0n) is 10.2. The second kappa shape index (κ2) is 5.19. The lowest BCUT2D eigenvalue weighted by Gasteiger charge is -2.14. The Bertz CT molecular complexity index is 544. The average Bonchev–Trinajstić information content (AvgIpc) is 2.26. The highest BCUT2D eigenvalue weighted by Gasteiger charge is 2.23. The molecule has 0 heterocycles. The molecule has 1 atom stereocenters. The summed E-state index contributed by atoms with van der Waals surface area (Å²) in [6.07, 6.45) is 0.275. The van der Waals surface area contributed by atoms with E-state index in [1.54, 1.807) is 25.1 Å². The molecule has 0 spiro atoms. The Morgan fingerprint density at radius 2 is 2.06 bits per heavy atom. The molecule has 0 amide bonds. The summed E-state index contributed by atoms with van der Waals surface area (Å²) in [4.78, 5) is 0. The predicted molar refractivity (Wildman–Crippen MR) is 68.2 cm³/mol. The van der Waals surface area contributed by atoms with Gasteiger partial charge in [0.15, 0.2) is 5.25 Å². The SMILES string of the molecule is CCC(C#N)S(=O)(=O)Nc1cccc(C)c1C. The highest BCUT2D eigenvalue weighted by atomic mass is 32.2. The van der Waals surface area contributed by atoms with Crippen LogP contribution in [0, 0.1) is 25.2 Å². The summed E-state index contributed by atoms with van der Waals surface area (Å²) in [6, 6.07) is 7.19. The van der Waals surface area contributed by atoms with Crippen LogP contribution in [0.3, 0.4) is 0 Å². The van der Waals surface area contributed by atoms with Crippen LogP contribution >= 0.6 is 0 Å². The van der Waals surface area contributed by atoms with Crippen molar-refractivity contribution >= 4 is 15.7 Å². The number of benzene rings is 1. The van der Waals surface area contributed by atoms with Crippen molar-refractivity contribution in [1.82, 2.24) is 0 Å². The summed E-state index contributed by atoms with van der Waals surface area (Å²) in [5, 5.41) is 7.78. The second-order valence-corrected chi connectivity index (χ2v) is 5.78. The first kappa shape index (κ1) is 13.5. The normalized spacial score (nSPS) is 12.8. The van der Waals surface area contributed by atoms with Gasteiger partial charge in [-0.05, 0) is 37.5 Å². The minimum Gasteiger partial charge on any atom is -0.282 e. The van der Waals surface area contributed by atoms with E-state index in [0.717, 1.165) is 11.1 Å². The molecule has 0 radical (unpaired) electrons. The quantitative estimate of drug-likeness (QED) is 0.894. The third-order valence-electron chi connectivity index (χ3n) is 2.75. The average molecular weight is 252 g/mol. The van der Waals surface area contributed by atoms with E-state index >= 15 is 0 Å². The van der Waals surface area contributed by atoms with Crippen LogP contribution in [0.15, 0.2) is 18.2 Å². The highest BCUT2D eigenvalue weighted by Crippen LogP contribution is 2.20. The first-order valence-corrected chi connectivity index (χ1v) is 6.94. The van der Waals surface area contributed by atoms with Gasteiger partial charge in [0.25, 0.3) is 0 Å². The van der Waals surface area contributed by atoms with Crippen molar-refractivity contribution in [1.29, 1.82) is 5.26 Å². The Labute approximate surface area is 102 Å². The third-order valence-corrected chi connectivity index (χ3v) is 4.44. The van der Waals surface area contributed by atoms with Gasteiger partial charge in [-0.3, -0.25) is 4.72 Å². The van der Waals surface area contributed by atoms with Crippen LogP contribution in [0.5, 0.6) is 0 Å². The van der Waals surface area contributed by atoms with E-state index in [2.05, 4.69) is 4.72 Å². The van der Waals surface area contributed by atoms with Gasteiger partial charge in [-0.2, -0.15) is 5.26 Å². The van der Waals surface area contributed by atoms with Gasteiger partial charge in [-0.25, -0.2) is 8.42 Å². The highest BCUT2D eigenvalue weighted by molar-refractivity contribution is 7.93. The Balaban J connectivity index is 3.07. The monoisotopic (exact) mass is 252 g/mol. The molecule has 1 rings (SSSR count). The summed E-state index contributed by atoms with van der Waals surface area (Å²) in [5.74, 6) is 0. The minimum absolute atomic E-state index is 0.275. The number of nitriles is 1. The first-order valence-electron chi connectivity index (χ1n) is 5.39. The fraction of sp³-hybridized carbons (Fsp3) is 0.417. The zero-order chi connectivity index (χ0) is 13.1. The summed E-state index contributed by atoms with van der Waals surface area (Å²) in [7, 11) is -3.63. The lowest BCUT2D eigenvalue weighted by atomic mass is 10.1. The van der Waals surface area contributed by atoms with Crippen LogP contribution < -0.4 is 4.72 Å². The second-order valence-electron chi connectivity index (χ2n) is 3.92. The first-order chi connectivity index (χ1) is 7.92. The topological polar surface area (TPSA) is 70.0 Å². The lowest BCUT2D eigenvalue weighted by Crippen LogP contribution is -2.26. The minimum atomic E-state index is -3.63. The third kappa shape index (κ3) is 2.98. The molecule has 0 aliphatic rings. The standard InChI is InChI=1S/C12H16N2O2S/c1-4-11(8-13)17(15,16)14-12-7-5-6-9(2)10(12)3/h5-7,11,14H,4H2,1-3H3. The maximum Gasteiger partial charge on any atom is 0.249 e. The number of hydrogen-bond donors (Lipinski definition) is 1. The molecule has 4 nitrogen and oxygen atoms in total. The van der Waals surface area contributed by atoms with Gasteiger partial charge in [0, 0.05) is 0 Å². The van der Waals surface area contributed by atoms with E-state index < -0.39 is 15.3 Å². The molecule has 0 fully saturated rings. The molecule has 0 aliphatic heterocycles.